The molecule has 3 atom stereocenters. The molecule has 3 aliphatic rings. The van der Waals surface area contributed by atoms with Crippen molar-refractivity contribution in [1.29, 1.82) is 0 Å². The number of nitrogens with zero attached hydrogens (tertiary/aromatic N) is 5. The number of fused-ring (bicyclic) bond motifs is 3. The average molecular weight is 695 g/mol. The van der Waals surface area contributed by atoms with Gasteiger partial charge in [-0.05, 0) is 82.4 Å². The zero-order valence-electron chi connectivity index (χ0n) is 24.8. The monoisotopic (exact) mass is 694 g/mol. The predicted octanol–water partition coefficient (Wildman–Crippen LogP) is 5.97. The largest absolute Gasteiger partial charge is 0.461 e. The zero-order valence-corrected chi connectivity index (χ0v) is 28.1. The van der Waals surface area contributed by atoms with E-state index in [-0.39, 0.29) is 11.1 Å². The van der Waals surface area contributed by atoms with Crippen LogP contribution in [0.4, 0.5) is 5.82 Å². The Morgan fingerprint density at radius 1 is 1.12 bits per heavy atom. The number of hydrogen-bond acceptors (Lipinski definition) is 7. The lowest BCUT2D eigenvalue weighted by molar-refractivity contribution is 0.0738. The molecule has 0 spiro atoms. The summed E-state index contributed by atoms with van der Waals surface area (Å²) in [7, 11) is 7.31. The number of aryl methyl sites for hydroxylation is 1. The number of pyridine rings is 1. The summed E-state index contributed by atoms with van der Waals surface area (Å²) >= 11 is 2.60. The Hall–Kier alpha value is -2.13. The summed E-state index contributed by atoms with van der Waals surface area (Å²) in [5.41, 5.74) is 4.41. The summed E-state index contributed by atoms with van der Waals surface area (Å²) < 4.78 is 7.22. The molecule has 9 heteroatoms. The lowest BCUT2D eigenvalue weighted by Gasteiger charge is -2.47. The fraction of sp³-hybridized carbons (Fsp3) is 0.485. The van der Waals surface area contributed by atoms with E-state index in [0.29, 0.717) is 16.5 Å². The molecule has 42 heavy (non-hydrogen) atoms. The summed E-state index contributed by atoms with van der Waals surface area (Å²) in [5, 5.41) is 8.06. The molecule has 4 aromatic rings. The molecule has 1 saturated carbocycles. The van der Waals surface area contributed by atoms with Crippen LogP contribution in [0.3, 0.4) is 0 Å². The number of benzene rings is 2. The van der Waals surface area contributed by atoms with Gasteiger partial charge >= 0.3 is 6.01 Å². The van der Waals surface area contributed by atoms with Crippen LogP contribution in [0.5, 0.6) is 6.01 Å². The Balaban J connectivity index is 1.30. The van der Waals surface area contributed by atoms with E-state index in [1.165, 1.54) is 54.9 Å². The second-order valence-electron chi connectivity index (χ2n) is 12.8. The van der Waals surface area contributed by atoms with Gasteiger partial charge < -0.3 is 15.0 Å². The van der Waals surface area contributed by atoms with Gasteiger partial charge in [-0.3, -0.25) is 9.88 Å². The maximum atomic E-state index is 6.55. The van der Waals surface area contributed by atoms with Crippen molar-refractivity contribution in [1.82, 2.24) is 24.8 Å². The van der Waals surface area contributed by atoms with Crippen molar-refractivity contribution in [3.63, 3.8) is 0 Å². The second kappa shape index (κ2) is 11.1. The van der Waals surface area contributed by atoms with E-state index >= 15 is 0 Å². The predicted molar refractivity (Wildman–Crippen MR) is 185 cm³/mol. The third-order valence-corrected chi connectivity index (χ3v) is 11.6. The molecule has 2 aliphatic heterocycles. The van der Waals surface area contributed by atoms with Gasteiger partial charge in [-0.15, -0.1) is 9.24 Å². The summed E-state index contributed by atoms with van der Waals surface area (Å²) in [6.07, 6.45) is 9.17. The van der Waals surface area contributed by atoms with Crippen molar-refractivity contribution in [2.75, 3.05) is 45.7 Å². The Bertz CT molecular complexity index is 1650. The van der Waals surface area contributed by atoms with Gasteiger partial charge in [-0.2, -0.15) is 9.97 Å². The molecule has 7 nitrogen and oxygen atoms in total. The number of rotatable bonds is 8. The fourth-order valence-electron chi connectivity index (χ4n) is 7.49. The Kier molecular flexibility index (Phi) is 7.57. The van der Waals surface area contributed by atoms with Crippen LogP contribution < -0.4 is 15.4 Å². The number of halogens is 1. The molecule has 3 fully saturated rings. The third kappa shape index (κ3) is 4.86. The standard InChI is InChI=1S/C33H40IN6OP/c1-21-8-4-9-22-10-5-11-24(26(21)22)27-29(42)28-25(17-35-27)30(36-19-32(39(2)3)12-6-13-32)38-31(37-28)41-20-33-14-7-15-40(33)18-23(34)16-33/h4-5,8-11,17,23H,6-7,12-16,18-20,42H2,1-3H3,(H,36,37,38)/t23-,33+/m1/s1. The molecule has 1 N–H and O–H groups in total. The van der Waals surface area contributed by atoms with E-state index in [9.17, 15) is 0 Å². The van der Waals surface area contributed by atoms with Gasteiger partial charge in [0.15, 0.2) is 0 Å². The van der Waals surface area contributed by atoms with Crippen LogP contribution >= 0.6 is 31.8 Å². The SMILES string of the molecule is Cc1cccc2cccc(-c3ncc4c(NCC5(N(C)C)CCC5)nc(OC[C@@]56CCCN5C[C@H](I)C6)nc4c3P)c12. The molecule has 0 amide bonds. The molecule has 1 aliphatic carbocycles. The zero-order chi connectivity index (χ0) is 29.1. The number of aromatic nitrogens is 3. The maximum Gasteiger partial charge on any atom is 0.319 e. The highest BCUT2D eigenvalue weighted by Gasteiger charge is 2.48. The third-order valence-electron chi connectivity index (χ3n) is 10.2. The van der Waals surface area contributed by atoms with Crippen molar-refractivity contribution in [2.45, 2.75) is 60.5 Å². The first kappa shape index (κ1) is 28.6. The second-order valence-corrected chi connectivity index (χ2v) is 15.1. The van der Waals surface area contributed by atoms with E-state index in [4.69, 9.17) is 19.7 Å². The van der Waals surface area contributed by atoms with E-state index in [1.807, 2.05) is 6.20 Å². The molecular weight excluding hydrogens is 654 g/mol. The molecule has 0 radical (unpaired) electrons. The highest BCUT2D eigenvalue weighted by Crippen LogP contribution is 2.42. The number of likely N-dealkylation sites (N-methyl/N-ethyl adjacent to an activating group) is 1. The minimum absolute atomic E-state index is 0.104. The van der Waals surface area contributed by atoms with Crippen LogP contribution in [0.25, 0.3) is 32.9 Å². The Morgan fingerprint density at radius 3 is 2.69 bits per heavy atom. The smallest absolute Gasteiger partial charge is 0.319 e. The Labute approximate surface area is 264 Å². The average Bonchev–Trinajstić information content (AvgIpc) is 3.47. The van der Waals surface area contributed by atoms with Gasteiger partial charge in [0.25, 0.3) is 0 Å². The summed E-state index contributed by atoms with van der Waals surface area (Å²) in [6, 6.07) is 13.4. The van der Waals surface area contributed by atoms with Crippen molar-refractivity contribution >= 4 is 64.6 Å². The molecule has 2 saturated heterocycles. The lowest BCUT2D eigenvalue weighted by Crippen LogP contribution is -2.54. The minimum atomic E-state index is 0.104. The molecule has 0 bridgehead atoms. The molecule has 7 rings (SSSR count). The van der Waals surface area contributed by atoms with Crippen LogP contribution in [-0.4, -0.2) is 80.1 Å². The van der Waals surface area contributed by atoms with E-state index in [0.717, 1.165) is 52.9 Å². The van der Waals surface area contributed by atoms with Gasteiger partial charge in [0.1, 0.15) is 12.4 Å². The summed E-state index contributed by atoms with van der Waals surface area (Å²) in [5.74, 6) is 0.805. The summed E-state index contributed by atoms with van der Waals surface area (Å²) in [6.45, 7) is 5.94. The number of ether oxygens (including phenoxy) is 1. The van der Waals surface area contributed by atoms with Gasteiger partial charge in [-0.1, -0.05) is 59.0 Å². The first-order chi connectivity index (χ1) is 20.3. The quantitative estimate of drug-likeness (QED) is 0.139. The molecular formula is C33H40IN6OP. The number of alkyl halides is 1. The minimum Gasteiger partial charge on any atom is -0.461 e. The van der Waals surface area contributed by atoms with Gasteiger partial charge in [-0.25, -0.2) is 0 Å². The number of anilines is 1. The van der Waals surface area contributed by atoms with Crippen molar-refractivity contribution in [3.8, 4) is 17.3 Å². The van der Waals surface area contributed by atoms with Gasteiger partial charge in [0, 0.05) is 39.6 Å². The highest BCUT2D eigenvalue weighted by atomic mass is 127. The highest BCUT2D eigenvalue weighted by molar-refractivity contribution is 14.1. The van der Waals surface area contributed by atoms with Crippen LogP contribution in [0.2, 0.25) is 0 Å². The van der Waals surface area contributed by atoms with Crippen molar-refractivity contribution in [3.05, 3.63) is 48.2 Å². The van der Waals surface area contributed by atoms with Crippen LogP contribution in [-0.2, 0) is 0 Å². The topological polar surface area (TPSA) is 66.4 Å². The normalized spacial score (nSPS) is 23.4. The van der Waals surface area contributed by atoms with Crippen molar-refractivity contribution in [2.24, 2.45) is 0 Å². The molecule has 4 heterocycles. The fourth-order valence-corrected chi connectivity index (χ4v) is 9.24. The first-order valence-corrected chi connectivity index (χ1v) is 17.0. The first-order valence-electron chi connectivity index (χ1n) is 15.2. The van der Waals surface area contributed by atoms with E-state index in [1.54, 1.807) is 0 Å². The van der Waals surface area contributed by atoms with Crippen LogP contribution in [0.15, 0.2) is 42.6 Å². The van der Waals surface area contributed by atoms with Gasteiger partial charge in [0.2, 0.25) is 0 Å². The maximum absolute atomic E-state index is 6.55. The molecule has 2 aromatic heterocycles. The van der Waals surface area contributed by atoms with E-state index in [2.05, 4.69) is 104 Å². The lowest BCUT2D eigenvalue weighted by atomic mass is 9.75. The number of hydrogen-bond donors (Lipinski definition) is 1. The van der Waals surface area contributed by atoms with Gasteiger partial charge in [0.05, 0.1) is 22.1 Å². The van der Waals surface area contributed by atoms with E-state index < -0.39 is 0 Å². The summed E-state index contributed by atoms with van der Waals surface area (Å²) in [4.78, 5) is 20.1. The molecule has 1 unspecified atom stereocenters. The molecule has 2 aromatic carbocycles. The van der Waals surface area contributed by atoms with Crippen molar-refractivity contribution < 1.29 is 4.74 Å². The molecule has 220 valence electrons. The van der Waals surface area contributed by atoms with Crippen LogP contribution in [0.1, 0.15) is 44.1 Å². The Morgan fingerprint density at radius 2 is 1.93 bits per heavy atom. The van der Waals surface area contributed by atoms with Crippen LogP contribution in [0, 0.1) is 6.92 Å². The number of nitrogens with one attached hydrogen (secondary N) is 1.